The van der Waals surface area contributed by atoms with E-state index < -0.39 is 17.8 Å². The van der Waals surface area contributed by atoms with Crippen molar-refractivity contribution in [2.45, 2.75) is 37.8 Å². The second-order valence-electron chi connectivity index (χ2n) is 6.54. The van der Waals surface area contributed by atoms with Gasteiger partial charge >= 0.3 is 6.09 Å². The molecule has 0 spiro atoms. The van der Waals surface area contributed by atoms with E-state index in [4.69, 9.17) is 9.84 Å². The average Bonchev–Trinajstić information content (AvgIpc) is 2.64. The van der Waals surface area contributed by atoms with Crippen molar-refractivity contribution in [3.05, 3.63) is 51.5 Å². The van der Waals surface area contributed by atoms with Crippen molar-refractivity contribution in [1.29, 1.82) is 0 Å². The van der Waals surface area contributed by atoms with Gasteiger partial charge in [0, 0.05) is 15.7 Å². The number of carbonyl (C=O) groups is 2. The van der Waals surface area contributed by atoms with Crippen LogP contribution in [-0.4, -0.2) is 34.2 Å². The molecule has 0 atom stereocenters. The molecule has 0 saturated heterocycles. The normalized spacial score (nSPS) is 18.9. The lowest BCUT2D eigenvalue weighted by atomic mass is 9.91. The summed E-state index contributed by atoms with van der Waals surface area (Å²) in [5.74, 6) is -0.570. The third-order valence-electron chi connectivity index (χ3n) is 4.46. The monoisotopic (exact) mass is 499 g/mol. The molecule has 1 heterocycles. The Kier molecular flexibility index (Phi) is 6.65. The van der Waals surface area contributed by atoms with Gasteiger partial charge in [-0.3, -0.25) is 4.79 Å². The number of carbonyl (C=O) groups excluding carboxylic acids is 1. The van der Waals surface area contributed by atoms with Crippen LogP contribution in [0.15, 0.2) is 36.5 Å². The van der Waals surface area contributed by atoms with Crippen molar-refractivity contribution in [2.75, 3.05) is 0 Å². The first kappa shape index (κ1) is 20.3. The molecule has 2 amide bonds. The van der Waals surface area contributed by atoms with Gasteiger partial charge in [-0.1, -0.05) is 6.07 Å². The zero-order valence-corrected chi connectivity index (χ0v) is 17.0. The molecule has 0 aliphatic heterocycles. The molecule has 1 aliphatic rings. The van der Waals surface area contributed by atoms with Gasteiger partial charge in [0.2, 0.25) is 5.88 Å². The number of aromatic nitrogens is 1. The summed E-state index contributed by atoms with van der Waals surface area (Å²) < 4.78 is 20.3. The summed E-state index contributed by atoms with van der Waals surface area (Å²) in [5.41, 5.74) is 0.0182. The Morgan fingerprint density at radius 1 is 1.14 bits per heavy atom. The SMILES string of the molecule is O=C(O)NC1CCC(NC(=O)c2cc(F)cnc2Oc2cccc(I)c2)CC1. The zero-order valence-electron chi connectivity index (χ0n) is 14.8. The summed E-state index contributed by atoms with van der Waals surface area (Å²) in [7, 11) is 0. The number of hydrogen-bond donors (Lipinski definition) is 3. The Bertz CT molecular complexity index is 872. The van der Waals surface area contributed by atoms with Crippen LogP contribution >= 0.6 is 22.6 Å². The van der Waals surface area contributed by atoms with Gasteiger partial charge in [-0.25, -0.2) is 14.2 Å². The molecule has 1 saturated carbocycles. The fraction of sp³-hybridized carbons (Fsp3) is 0.316. The van der Waals surface area contributed by atoms with E-state index >= 15 is 0 Å². The molecular formula is C19H19FIN3O4. The topological polar surface area (TPSA) is 101 Å². The Morgan fingerprint density at radius 3 is 2.46 bits per heavy atom. The number of rotatable bonds is 5. The van der Waals surface area contributed by atoms with E-state index in [0.29, 0.717) is 31.4 Å². The maximum Gasteiger partial charge on any atom is 0.404 e. The van der Waals surface area contributed by atoms with Crippen LogP contribution in [0.3, 0.4) is 0 Å². The lowest BCUT2D eigenvalue weighted by Gasteiger charge is -2.29. The summed E-state index contributed by atoms with van der Waals surface area (Å²) in [6.45, 7) is 0. The van der Waals surface area contributed by atoms with Crippen LogP contribution in [-0.2, 0) is 0 Å². The minimum Gasteiger partial charge on any atom is -0.465 e. The molecule has 2 aromatic rings. The van der Waals surface area contributed by atoms with E-state index in [1.54, 1.807) is 12.1 Å². The first-order chi connectivity index (χ1) is 13.4. The lowest BCUT2D eigenvalue weighted by molar-refractivity contribution is 0.0919. The molecule has 0 radical (unpaired) electrons. The lowest BCUT2D eigenvalue weighted by Crippen LogP contribution is -2.43. The highest BCUT2D eigenvalue weighted by atomic mass is 127. The molecule has 28 heavy (non-hydrogen) atoms. The second-order valence-corrected chi connectivity index (χ2v) is 7.78. The number of nitrogens with one attached hydrogen (secondary N) is 2. The molecule has 0 bridgehead atoms. The van der Waals surface area contributed by atoms with Crippen molar-refractivity contribution in [2.24, 2.45) is 0 Å². The molecule has 148 valence electrons. The Hall–Kier alpha value is -2.43. The molecule has 1 aromatic carbocycles. The third kappa shape index (κ3) is 5.54. The van der Waals surface area contributed by atoms with Gasteiger partial charge < -0.3 is 20.5 Å². The predicted octanol–water partition coefficient (Wildman–Crippen LogP) is 3.93. The fourth-order valence-electron chi connectivity index (χ4n) is 3.13. The number of pyridine rings is 1. The van der Waals surface area contributed by atoms with Crippen molar-refractivity contribution in [3.8, 4) is 11.6 Å². The van der Waals surface area contributed by atoms with Crippen molar-refractivity contribution in [1.82, 2.24) is 15.6 Å². The zero-order chi connectivity index (χ0) is 20.1. The summed E-state index contributed by atoms with van der Waals surface area (Å²) >= 11 is 2.14. The number of ether oxygens (including phenoxy) is 1. The average molecular weight is 499 g/mol. The van der Waals surface area contributed by atoms with Crippen LogP contribution in [0.4, 0.5) is 9.18 Å². The summed E-state index contributed by atoms with van der Waals surface area (Å²) in [4.78, 5) is 27.3. The van der Waals surface area contributed by atoms with Crippen molar-refractivity contribution >= 4 is 34.6 Å². The Balaban J connectivity index is 1.68. The van der Waals surface area contributed by atoms with Crippen LogP contribution in [0.5, 0.6) is 11.6 Å². The summed E-state index contributed by atoms with van der Waals surface area (Å²) in [6.07, 6.45) is 2.48. The molecule has 3 N–H and O–H groups in total. The van der Waals surface area contributed by atoms with Gasteiger partial charge in [-0.15, -0.1) is 0 Å². The van der Waals surface area contributed by atoms with E-state index in [0.717, 1.165) is 15.8 Å². The van der Waals surface area contributed by atoms with Crippen molar-refractivity contribution in [3.63, 3.8) is 0 Å². The number of halogens is 2. The second kappa shape index (κ2) is 9.18. The molecule has 9 heteroatoms. The molecular weight excluding hydrogens is 480 g/mol. The molecule has 1 aromatic heterocycles. The number of benzene rings is 1. The smallest absolute Gasteiger partial charge is 0.404 e. The maximum atomic E-state index is 13.7. The van der Waals surface area contributed by atoms with Gasteiger partial charge in [-0.2, -0.15) is 0 Å². The molecule has 0 unspecified atom stereocenters. The first-order valence-electron chi connectivity index (χ1n) is 8.80. The summed E-state index contributed by atoms with van der Waals surface area (Å²) in [5, 5.41) is 14.1. The first-order valence-corrected chi connectivity index (χ1v) is 9.88. The highest BCUT2D eigenvalue weighted by molar-refractivity contribution is 14.1. The van der Waals surface area contributed by atoms with Gasteiger partial charge in [0.1, 0.15) is 17.1 Å². The van der Waals surface area contributed by atoms with E-state index in [1.165, 1.54) is 0 Å². The minimum absolute atomic E-state index is 0.0182. The maximum absolute atomic E-state index is 13.7. The molecule has 1 fully saturated rings. The molecule has 3 rings (SSSR count). The van der Waals surface area contributed by atoms with E-state index in [9.17, 15) is 14.0 Å². The predicted molar refractivity (Wildman–Crippen MR) is 108 cm³/mol. The van der Waals surface area contributed by atoms with Crippen LogP contribution in [0, 0.1) is 9.39 Å². The van der Waals surface area contributed by atoms with Crippen LogP contribution < -0.4 is 15.4 Å². The fourth-order valence-corrected chi connectivity index (χ4v) is 3.65. The highest BCUT2D eigenvalue weighted by Gasteiger charge is 2.25. The number of carboxylic acid groups (broad SMARTS) is 1. The minimum atomic E-state index is -1.05. The quantitative estimate of drug-likeness (QED) is 0.542. The Labute approximate surface area is 174 Å². The number of amides is 2. The molecule has 7 nitrogen and oxygen atoms in total. The van der Waals surface area contributed by atoms with Gasteiger partial charge in [0.15, 0.2) is 0 Å². The van der Waals surface area contributed by atoms with E-state index in [1.807, 2.05) is 12.1 Å². The number of hydrogen-bond acceptors (Lipinski definition) is 4. The third-order valence-corrected chi connectivity index (χ3v) is 5.13. The van der Waals surface area contributed by atoms with E-state index in [2.05, 4.69) is 38.2 Å². The van der Waals surface area contributed by atoms with Gasteiger partial charge in [0.05, 0.1) is 6.20 Å². The standard InChI is InChI=1S/C19H19FIN3O4/c20-11-8-16(18(22-10-11)28-15-3-1-2-12(21)9-15)17(25)23-13-4-6-14(7-5-13)24-19(26)27/h1-3,8-10,13-14,24H,4-7H2,(H,23,25)(H,26,27). The Morgan fingerprint density at radius 2 is 1.82 bits per heavy atom. The van der Waals surface area contributed by atoms with Gasteiger partial charge in [0.25, 0.3) is 5.91 Å². The largest absolute Gasteiger partial charge is 0.465 e. The van der Waals surface area contributed by atoms with Crippen LogP contribution in [0.25, 0.3) is 0 Å². The van der Waals surface area contributed by atoms with Gasteiger partial charge in [-0.05, 0) is 72.5 Å². The van der Waals surface area contributed by atoms with Crippen LogP contribution in [0.1, 0.15) is 36.0 Å². The summed E-state index contributed by atoms with van der Waals surface area (Å²) in [6, 6.07) is 8.09. The van der Waals surface area contributed by atoms with Crippen molar-refractivity contribution < 1.29 is 23.8 Å². The van der Waals surface area contributed by atoms with E-state index in [-0.39, 0.29) is 23.5 Å². The number of nitrogens with zero attached hydrogens (tertiary/aromatic N) is 1. The molecule has 1 aliphatic carbocycles. The van der Waals surface area contributed by atoms with Crippen LogP contribution in [0.2, 0.25) is 0 Å². The highest BCUT2D eigenvalue weighted by Crippen LogP contribution is 2.26.